The van der Waals surface area contributed by atoms with Gasteiger partial charge in [0.15, 0.2) is 6.04 Å². The van der Waals surface area contributed by atoms with E-state index in [-0.39, 0.29) is 24.3 Å². The molecule has 1 aromatic rings. The number of carbonyl (C=O) groups is 3. The van der Waals surface area contributed by atoms with Gasteiger partial charge in [-0.05, 0) is 12.0 Å². The van der Waals surface area contributed by atoms with E-state index in [1.165, 1.54) is 0 Å². The normalized spacial score (nSPS) is 11.7. The molecule has 0 aliphatic carbocycles. The zero-order valence-corrected chi connectivity index (χ0v) is 10.7. The lowest BCUT2D eigenvalue weighted by Gasteiger charge is -2.22. The fourth-order valence-corrected chi connectivity index (χ4v) is 1.65. The van der Waals surface area contributed by atoms with Gasteiger partial charge in [-0.15, -0.1) is 0 Å². The molecule has 0 saturated carbocycles. The molecule has 4 N–H and O–H groups in total. The molecule has 0 bridgehead atoms. The van der Waals surface area contributed by atoms with Crippen LogP contribution < -0.4 is 5.73 Å². The summed E-state index contributed by atoms with van der Waals surface area (Å²) < 4.78 is 0. The number of aliphatic carboxylic acids is 1. The first kappa shape index (κ1) is 15.6. The first-order chi connectivity index (χ1) is 9.41. The van der Waals surface area contributed by atoms with E-state index in [1.54, 1.807) is 30.3 Å². The van der Waals surface area contributed by atoms with Crippen LogP contribution in [0.3, 0.4) is 0 Å². The summed E-state index contributed by atoms with van der Waals surface area (Å²) in [5.74, 6) is -2.84. The van der Waals surface area contributed by atoms with Crippen LogP contribution in [0, 0.1) is 0 Å². The van der Waals surface area contributed by atoms with E-state index >= 15 is 0 Å². The Morgan fingerprint density at radius 2 is 1.80 bits per heavy atom. The number of hydroxylamine groups is 2. The zero-order chi connectivity index (χ0) is 15.1. The Labute approximate surface area is 115 Å². The minimum Gasteiger partial charge on any atom is -0.480 e. The second-order valence-electron chi connectivity index (χ2n) is 4.26. The molecule has 0 aliphatic heterocycles. The quantitative estimate of drug-likeness (QED) is 0.485. The van der Waals surface area contributed by atoms with E-state index in [4.69, 9.17) is 10.8 Å². The average molecular weight is 280 g/mol. The summed E-state index contributed by atoms with van der Waals surface area (Å²) >= 11 is 0. The van der Waals surface area contributed by atoms with E-state index in [1.807, 2.05) is 0 Å². The van der Waals surface area contributed by atoms with E-state index < -0.39 is 23.8 Å². The first-order valence-corrected chi connectivity index (χ1v) is 5.97. The molecular formula is C13H16N2O5. The first-order valence-electron chi connectivity index (χ1n) is 5.97. The van der Waals surface area contributed by atoms with Crippen LogP contribution in [0.1, 0.15) is 18.4 Å². The van der Waals surface area contributed by atoms with Gasteiger partial charge in [0.25, 0.3) is 5.91 Å². The van der Waals surface area contributed by atoms with Crippen LogP contribution in [0.15, 0.2) is 30.3 Å². The summed E-state index contributed by atoms with van der Waals surface area (Å²) in [6.45, 7) is 0. The van der Waals surface area contributed by atoms with Gasteiger partial charge in [0.05, 0.1) is 6.42 Å². The lowest BCUT2D eigenvalue weighted by atomic mass is 10.1. The predicted molar refractivity (Wildman–Crippen MR) is 68.6 cm³/mol. The van der Waals surface area contributed by atoms with Crippen LogP contribution in [-0.2, 0) is 20.8 Å². The third-order valence-electron chi connectivity index (χ3n) is 2.70. The van der Waals surface area contributed by atoms with Gasteiger partial charge in [-0.25, -0.2) is 9.86 Å². The van der Waals surface area contributed by atoms with Gasteiger partial charge in [0.1, 0.15) is 0 Å². The number of carbonyl (C=O) groups excluding carboxylic acids is 2. The molecule has 2 amide bonds. The molecule has 0 spiro atoms. The van der Waals surface area contributed by atoms with Gasteiger partial charge < -0.3 is 10.8 Å². The minimum absolute atomic E-state index is 0.127. The number of hydrogen-bond donors (Lipinski definition) is 3. The van der Waals surface area contributed by atoms with Crippen molar-refractivity contribution < 1.29 is 24.7 Å². The number of nitrogens with zero attached hydrogens (tertiary/aromatic N) is 1. The van der Waals surface area contributed by atoms with E-state index in [0.29, 0.717) is 5.56 Å². The SMILES string of the molecule is NC(=O)CC[C@@H](C(=O)O)N(O)C(=O)Cc1ccccc1. The molecule has 20 heavy (non-hydrogen) atoms. The van der Waals surface area contributed by atoms with Gasteiger partial charge >= 0.3 is 5.97 Å². The Kier molecular flexibility index (Phi) is 5.67. The molecule has 0 unspecified atom stereocenters. The number of hydrogen-bond acceptors (Lipinski definition) is 4. The molecule has 1 rings (SSSR count). The number of primary amides is 1. The van der Waals surface area contributed by atoms with Crippen molar-refractivity contribution in [2.45, 2.75) is 25.3 Å². The molecule has 0 heterocycles. The number of carboxylic acids is 1. The van der Waals surface area contributed by atoms with Gasteiger partial charge in [0, 0.05) is 6.42 Å². The second-order valence-corrected chi connectivity index (χ2v) is 4.26. The summed E-state index contributed by atoms with van der Waals surface area (Å²) in [5, 5.41) is 18.8. The molecule has 0 radical (unpaired) electrons. The third kappa shape index (κ3) is 4.69. The number of amides is 2. The predicted octanol–water partition coefficient (Wildman–Crippen LogP) is 0.166. The van der Waals surface area contributed by atoms with Crippen LogP contribution in [0.4, 0.5) is 0 Å². The average Bonchev–Trinajstić information content (AvgIpc) is 2.39. The van der Waals surface area contributed by atoms with Crippen LogP contribution in [0.2, 0.25) is 0 Å². The highest BCUT2D eigenvalue weighted by Gasteiger charge is 2.28. The molecule has 7 heteroatoms. The highest BCUT2D eigenvalue weighted by atomic mass is 16.5. The monoisotopic (exact) mass is 280 g/mol. The summed E-state index contributed by atoms with van der Waals surface area (Å²) in [4.78, 5) is 33.5. The molecule has 0 saturated heterocycles. The molecule has 1 atom stereocenters. The van der Waals surface area contributed by atoms with Crippen molar-refractivity contribution in [3.8, 4) is 0 Å². The fraction of sp³-hybridized carbons (Fsp3) is 0.308. The second kappa shape index (κ2) is 7.25. The van der Waals surface area contributed by atoms with Crippen molar-refractivity contribution in [2.24, 2.45) is 5.73 Å². The maximum atomic E-state index is 11.8. The molecule has 0 fully saturated rings. The standard InChI is InChI=1S/C13H16N2O5/c14-11(16)7-6-10(13(18)19)15(20)12(17)8-9-4-2-1-3-5-9/h1-5,10,20H,6-8H2,(H2,14,16)(H,18,19)/t10-/m0/s1. The zero-order valence-electron chi connectivity index (χ0n) is 10.7. The Morgan fingerprint density at radius 1 is 1.20 bits per heavy atom. The highest BCUT2D eigenvalue weighted by Crippen LogP contribution is 2.09. The van der Waals surface area contributed by atoms with Crippen molar-refractivity contribution in [3.05, 3.63) is 35.9 Å². The number of carboxylic acid groups (broad SMARTS) is 1. The Bertz CT molecular complexity index is 489. The van der Waals surface area contributed by atoms with Gasteiger partial charge in [0.2, 0.25) is 5.91 Å². The van der Waals surface area contributed by atoms with E-state index in [9.17, 15) is 19.6 Å². The van der Waals surface area contributed by atoms with Crippen molar-refractivity contribution in [1.29, 1.82) is 0 Å². The number of rotatable bonds is 7. The van der Waals surface area contributed by atoms with Crippen molar-refractivity contribution in [2.75, 3.05) is 0 Å². The fourth-order valence-electron chi connectivity index (χ4n) is 1.65. The maximum Gasteiger partial charge on any atom is 0.329 e. The van der Waals surface area contributed by atoms with Gasteiger partial charge in [-0.3, -0.25) is 14.8 Å². The Morgan fingerprint density at radius 3 is 2.30 bits per heavy atom. The van der Waals surface area contributed by atoms with Gasteiger partial charge in [-0.1, -0.05) is 30.3 Å². The van der Waals surface area contributed by atoms with Crippen molar-refractivity contribution in [1.82, 2.24) is 5.06 Å². The summed E-state index contributed by atoms with van der Waals surface area (Å²) in [7, 11) is 0. The Hall–Kier alpha value is -2.41. The summed E-state index contributed by atoms with van der Waals surface area (Å²) in [6, 6.07) is 7.12. The molecule has 0 aliphatic rings. The minimum atomic E-state index is -1.49. The van der Waals surface area contributed by atoms with Crippen LogP contribution in [0.5, 0.6) is 0 Å². The molecule has 7 nitrogen and oxygen atoms in total. The van der Waals surface area contributed by atoms with Crippen molar-refractivity contribution >= 4 is 17.8 Å². The largest absolute Gasteiger partial charge is 0.480 e. The topological polar surface area (TPSA) is 121 Å². The van der Waals surface area contributed by atoms with E-state index in [0.717, 1.165) is 0 Å². The van der Waals surface area contributed by atoms with Crippen LogP contribution in [-0.4, -0.2) is 39.2 Å². The van der Waals surface area contributed by atoms with Crippen molar-refractivity contribution in [3.63, 3.8) is 0 Å². The van der Waals surface area contributed by atoms with E-state index in [2.05, 4.69) is 0 Å². The lowest BCUT2D eigenvalue weighted by molar-refractivity contribution is -0.186. The molecular weight excluding hydrogens is 264 g/mol. The Balaban J connectivity index is 2.68. The number of benzene rings is 1. The summed E-state index contributed by atoms with van der Waals surface area (Å²) in [5.41, 5.74) is 5.57. The smallest absolute Gasteiger partial charge is 0.329 e. The molecule has 108 valence electrons. The molecule has 0 aromatic heterocycles. The van der Waals surface area contributed by atoms with Crippen LogP contribution >= 0.6 is 0 Å². The maximum absolute atomic E-state index is 11.8. The highest BCUT2D eigenvalue weighted by molar-refractivity contribution is 5.84. The number of nitrogens with two attached hydrogens (primary N) is 1. The van der Waals surface area contributed by atoms with Gasteiger partial charge in [-0.2, -0.15) is 0 Å². The van der Waals surface area contributed by atoms with Crippen LogP contribution in [0.25, 0.3) is 0 Å². The molecule has 1 aromatic carbocycles. The summed E-state index contributed by atoms with van der Waals surface area (Å²) in [6.07, 6.45) is -0.591. The third-order valence-corrected chi connectivity index (χ3v) is 2.70. The lowest BCUT2D eigenvalue weighted by Crippen LogP contribution is -2.44.